The van der Waals surface area contributed by atoms with Gasteiger partial charge in [-0.05, 0) is 35.9 Å². The summed E-state index contributed by atoms with van der Waals surface area (Å²) in [4.78, 5) is 12.6. The number of fused-ring (bicyclic) bond motifs is 1. The summed E-state index contributed by atoms with van der Waals surface area (Å²) < 4.78 is 48.5. The minimum atomic E-state index is -4.10. The summed E-state index contributed by atoms with van der Waals surface area (Å²) in [6.45, 7) is 1.88. The number of carbonyl (C=O) groups is 1. The molecule has 0 spiro atoms. The van der Waals surface area contributed by atoms with E-state index in [1.807, 2.05) is 6.92 Å². The molecule has 0 fully saturated rings. The lowest BCUT2D eigenvalue weighted by Crippen LogP contribution is -2.48. The lowest BCUT2D eigenvalue weighted by atomic mass is 10.1. The number of quaternary nitrogens is 1. The molecule has 3 N–H and O–H groups in total. The Morgan fingerprint density at radius 3 is 2.71 bits per heavy atom. The third kappa shape index (κ3) is 2.80. The Hall–Kier alpha value is -3.34. The number of carbonyl (C=O) groups excluding carboxylic acids is 1. The molecule has 0 radical (unpaired) electrons. The van der Waals surface area contributed by atoms with Gasteiger partial charge in [0.05, 0.1) is 5.22 Å². The van der Waals surface area contributed by atoms with E-state index in [-0.39, 0.29) is 23.7 Å². The number of alkyl halides is 3. The molecule has 2 amide bonds. The summed E-state index contributed by atoms with van der Waals surface area (Å²) in [6.07, 6.45) is -7.08. The molecule has 0 bridgehead atoms. The van der Waals surface area contributed by atoms with Gasteiger partial charge in [-0.15, -0.1) is 0 Å². The summed E-state index contributed by atoms with van der Waals surface area (Å²) in [5, 5.41) is 7.58. The summed E-state index contributed by atoms with van der Waals surface area (Å²) in [7, 11) is 0. The first-order valence-corrected chi connectivity index (χ1v) is 8.19. The average Bonchev–Trinajstić information content (AvgIpc) is 3.00. The van der Waals surface area contributed by atoms with E-state index in [9.17, 15) is 18.0 Å². The lowest BCUT2D eigenvalue weighted by molar-refractivity contribution is -0.281. The number of nitrogens with two attached hydrogens (primary N) is 1. The zero-order chi connectivity index (χ0) is 20.1. The molecule has 11 heteroatoms. The van der Waals surface area contributed by atoms with Crippen molar-refractivity contribution >= 4 is 17.4 Å². The molecular formula is C17H15F3N5O3+. The van der Waals surface area contributed by atoms with Crippen molar-refractivity contribution in [1.82, 2.24) is 10.0 Å². The van der Waals surface area contributed by atoms with E-state index in [1.165, 1.54) is 18.2 Å². The molecule has 2 aromatic rings. The van der Waals surface area contributed by atoms with Gasteiger partial charge in [-0.3, -0.25) is 0 Å². The number of aryl methyl sites for hydroxylation is 1. The number of ether oxygens (including phenoxy) is 2. The van der Waals surface area contributed by atoms with Crippen LogP contribution in [0.15, 0.2) is 46.8 Å². The van der Waals surface area contributed by atoms with Gasteiger partial charge in [0.1, 0.15) is 6.54 Å². The van der Waals surface area contributed by atoms with Crippen LogP contribution in [0.2, 0.25) is 0 Å². The normalized spacial score (nSPS) is 24.9. The number of halogens is 3. The molecule has 2 heterocycles. The largest absolute Gasteiger partial charge is 0.471 e. The number of anilines is 1. The summed E-state index contributed by atoms with van der Waals surface area (Å²) in [5.74, 6) is -0.613. The molecule has 28 heavy (non-hydrogen) atoms. The fourth-order valence-electron chi connectivity index (χ4n) is 3.01. The molecule has 0 saturated heterocycles. The second-order valence-corrected chi connectivity index (χ2v) is 6.45. The predicted molar refractivity (Wildman–Crippen MR) is 92.0 cm³/mol. The molecule has 0 saturated carbocycles. The SMILES string of the molecule is Cc1cc(C[N+]2(c3ccc4c(c3)OC(F)C(F)(F)O4)N=NNC2=O)ccc1N. The number of nitrogen functional groups attached to an aromatic ring is 1. The number of hydrogen-bond donors (Lipinski definition) is 2. The van der Waals surface area contributed by atoms with Gasteiger partial charge in [-0.25, -0.2) is 4.79 Å². The van der Waals surface area contributed by atoms with Gasteiger partial charge in [0.2, 0.25) is 0 Å². The second-order valence-electron chi connectivity index (χ2n) is 6.45. The van der Waals surface area contributed by atoms with Crippen molar-refractivity contribution in [3.8, 4) is 11.5 Å². The maximum Gasteiger partial charge on any atom is 0.471 e. The van der Waals surface area contributed by atoms with Crippen molar-refractivity contribution in [3.05, 3.63) is 47.5 Å². The van der Waals surface area contributed by atoms with Crippen molar-refractivity contribution in [2.45, 2.75) is 25.9 Å². The second kappa shape index (κ2) is 6.09. The minimum absolute atomic E-state index is 0.0608. The molecule has 4 rings (SSSR count). The van der Waals surface area contributed by atoms with E-state index < -0.39 is 23.1 Å². The Balaban J connectivity index is 1.75. The van der Waals surface area contributed by atoms with E-state index in [2.05, 4.69) is 25.3 Å². The Morgan fingerprint density at radius 2 is 2.04 bits per heavy atom. The van der Waals surface area contributed by atoms with Gasteiger partial charge < -0.3 is 15.2 Å². The van der Waals surface area contributed by atoms with Gasteiger partial charge in [0.15, 0.2) is 17.2 Å². The third-order valence-corrected chi connectivity index (χ3v) is 4.52. The standard InChI is InChI=1S/C17H14F3N5O3/c1-9-6-10(2-4-12(9)21)8-25(16(26)22-23-24-25)11-3-5-13-14(7-11)27-15(18)17(19,20)28-13/h2-7,15H,8,21H2,1H3/p+1. The molecule has 2 atom stereocenters. The minimum Gasteiger partial charge on any atom is -0.447 e. The van der Waals surface area contributed by atoms with Crippen molar-refractivity contribution in [2.75, 3.05) is 5.73 Å². The zero-order valence-corrected chi connectivity index (χ0v) is 14.5. The van der Waals surface area contributed by atoms with Crippen LogP contribution < -0.4 is 25.2 Å². The number of rotatable bonds is 3. The third-order valence-electron chi connectivity index (χ3n) is 4.52. The lowest BCUT2D eigenvalue weighted by Gasteiger charge is -2.29. The Bertz CT molecular complexity index is 1000. The van der Waals surface area contributed by atoms with Gasteiger partial charge in [0, 0.05) is 23.4 Å². The maximum absolute atomic E-state index is 13.5. The first-order valence-electron chi connectivity index (χ1n) is 8.19. The average molecular weight is 394 g/mol. The highest BCUT2D eigenvalue weighted by atomic mass is 19.3. The van der Waals surface area contributed by atoms with Crippen LogP contribution in [-0.2, 0) is 6.54 Å². The highest BCUT2D eigenvalue weighted by Crippen LogP contribution is 2.44. The van der Waals surface area contributed by atoms with Crippen LogP contribution >= 0.6 is 0 Å². The Labute approximate surface area is 156 Å². The fourth-order valence-corrected chi connectivity index (χ4v) is 3.01. The number of urea groups is 1. The van der Waals surface area contributed by atoms with Crippen LogP contribution in [0.3, 0.4) is 0 Å². The van der Waals surface area contributed by atoms with Crippen molar-refractivity contribution in [3.63, 3.8) is 0 Å². The first kappa shape index (κ1) is 18.0. The fraction of sp³-hybridized carbons (Fsp3) is 0.235. The Kier molecular flexibility index (Phi) is 3.93. The number of benzene rings is 2. The van der Waals surface area contributed by atoms with Gasteiger partial charge in [-0.1, -0.05) is 10.7 Å². The highest BCUT2D eigenvalue weighted by molar-refractivity contribution is 5.87. The van der Waals surface area contributed by atoms with Crippen LogP contribution in [0.4, 0.5) is 29.3 Å². The monoisotopic (exact) mass is 394 g/mol. The maximum atomic E-state index is 13.5. The van der Waals surface area contributed by atoms with Gasteiger partial charge in [0.25, 0.3) is 0 Å². The van der Waals surface area contributed by atoms with Gasteiger partial charge in [-0.2, -0.15) is 18.6 Å². The van der Waals surface area contributed by atoms with Crippen molar-refractivity contribution in [1.29, 1.82) is 0 Å². The summed E-state index contributed by atoms with van der Waals surface area (Å²) >= 11 is 0. The number of hydrogen-bond acceptors (Lipinski definition) is 6. The van der Waals surface area contributed by atoms with Crippen LogP contribution in [0.25, 0.3) is 0 Å². The molecule has 8 nitrogen and oxygen atoms in total. The van der Waals surface area contributed by atoms with E-state index in [4.69, 9.17) is 5.73 Å². The number of nitrogens with one attached hydrogen (secondary N) is 1. The van der Waals surface area contributed by atoms with E-state index in [0.717, 1.165) is 11.1 Å². The molecule has 2 aliphatic heterocycles. The molecule has 146 valence electrons. The molecule has 2 aliphatic rings. The molecule has 0 aliphatic carbocycles. The summed E-state index contributed by atoms with van der Waals surface area (Å²) in [6, 6.07) is 8.42. The topological polar surface area (TPSA) is 98.3 Å². The first-order chi connectivity index (χ1) is 13.2. The van der Waals surface area contributed by atoms with E-state index >= 15 is 0 Å². The Morgan fingerprint density at radius 1 is 1.25 bits per heavy atom. The number of nitrogens with zero attached hydrogens (tertiary/aromatic N) is 3. The van der Waals surface area contributed by atoms with Crippen LogP contribution in [0, 0.1) is 6.92 Å². The molecule has 2 aromatic carbocycles. The van der Waals surface area contributed by atoms with Crippen LogP contribution in [-0.4, -0.2) is 18.5 Å². The zero-order valence-electron chi connectivity index (χ0n) is 14.5. The van der Waals surface area contributed by atoms with Crippen molar-refractivity contribution < 1.29 is 27.4 Å². The van der Waals surface area contributed by atoms with Crippen molar-refractivity contribution in [2.24, 2.45) is 10.4 Å². The number of amides is 2. The highest BCUT2D eigenvalue weighted by Gasteiger charge is 2.51. The van der Waals surface area contributed by atoms with E-state index in [1.54, 1.807) is 18.2 Å². The van der Waals surface area contributed by atoms with Crippen LogP contribution in [0.5, 0.6) is 11.5 Å². The molecular weight excluding hydrogens is 379 g/mol. The molecule has 0 aromatic heterocycles. The quantitative estimate of drug-likeness (QED) is 0.612. The van der Waals surface area contributed by atoms with Crippen LogP contribution in [0.1, 0.15) is 11.1 Å². The van der Waals surface area contributed by atoms with E-state index in [0.29, 0.717) is 5.69 Å². The summed E-state index contributed by atoms with van der Waals surface area (Å²) in [5.41, 5.74) is 10.5. The smallest absolute Gasteiger partial charge is 0.447 e. The molecule has 2 unspecified atom stereocenters. The van der Waals surface area contributed by atoms with Gasteiger partial charge >= 0.3 is 18.5 Å². The predicted octanol–water partition coefficient (Wildman–Crippen LogP) is 3.75.